The van der Waals surface area contributed by atoms with E-state index in [0.717, 1.165) is 18.4 Å². The minimum atomic E-state index is -0.00859. The lowest BCUT2D eigenvalue weighted by atomic mass is 10.0. The van der Waals surface area contributed by atoms with Gasteiger partial charge in [0.15, 0.2) is 0 Å². The molecule has 0 aliphatic carbocycles. The highest BCUT2D eigenvalue weighted by atomic mass is 16.3. The number of rotatable bonds is 7. The van der Waals surface area contributed by atoms with Crippen molar-refractivity contribution in [2.45, 2.75) is 32.7 Å². The van der Waals surface area contributed by atoms with E-state index in [9.17, 15) is 9.90 Å². The molecule has 0 fully saturated rings. The van der Waals surface area contributed by atoms with Gasteiger partial charge >= 0.3 is 0 Å². The van der Waals surface area contributed by atoms with E-state index in [1.54, 1.807) is 12.1 Å². The molecule has 1 aromatic carbocycles. The highest BCUT2D eigenvalue weighted by Gasteiger charge is 2.13. The summed E-state index contributed by atoms with van der Waals surface area (Å²) in [5.41, 5.74) is 0.836. The van der Waals surface area contributed by atoms with Gasteiger partial charge in [0.25, 0.3) is 0 Å². The minimum Gasteiger partial charge on any atom is -0.508 e. The van der Waals surface area contributed by atoms with Gasteiger partial charge in [-0.1, -0.05) is 32.0 Å². The monoisotopic (exact) mass is 250 g/mol. The van der Waals surface area contributed by atoms with Crippen LogP contribution < -0.4 is 10.6 Å². The van der Waals surface area contributed by atoms with Crippen molar-refractivity contribution in [3.63, 3.8) is 0 Å². The molecule has 0 aliphatic rings. The molecular formula is C14H22N2O2. The van der Waals surface area contributed by atoms with Crippen molar-refractivity contribution in [3.05, 3.63) is 29.8 Å². The fraction of sp³-hybridized carbons (Fsp3) is 0.500. The highest BCUT2D eigenvalue weighted by Crippen LogP contribution is 2.25. The molecule has 4 nitrogen and oxygen atoms in total. The Morgan fingerprint density at radius 1 is 1.33 bits per heavy atom. The van der Waals surface area contributed by atoms with Gasteiger partial charge in [-0.15, -0.1) is 0 Å². The van der Waals surface area contributed by atoms with Crippen LogP contribution in [0.25, 0.3) is 0 Å². The van der Waals surface area contributed by atoms with Crippen LogP contribution in [-0.2, 0) is 4.79 Å². The summed E-state index contributed by atoms with van der Waals surface area (Å²) < 4.78 is 0. The molecule has 1 unspecified atom stereocenters. The standard InChI is InChI=1S/C14H22N2O2/c1-3-9-15-14(18)10-16-12(4-2)11-7-5-6-8-13(11)17/h5-8,12,16-17H,3-4,9-10H2,1-2H3,(H,15,18). The first-order chi connectivity index (χ1) is 8.69. The summed E-state index contributed by atoms with van der Waals surface area (Å²) in [6.07, 6.45) is 1.75. The van der Waals surface area contributed by atoms with E-state index < -0.39 is 0 Å². The molecule has 0 aliphatic heterocycles. The maximum Gasteiger partial charge on any atom is 0.233 e. The summed E-state index contributed by atoms with van der Waals surface area (Å²) in [6, 6.07) is 7.21. The molecule has 0 aromatic heterocycles. The average Bonchev–Trinajstić information content (AvgIpc) is 2.39. The predicted octanol–water partition coefficient (Wildman–Crippen LogP) is 1.96. The Labute approximate surface area is 108 Å². The lowest BCUT2D eigenvalue weighted by molar-refractivity contribution is -0.120. The van der Waals surface area contributed by atoms with Crippen LogP contribution in [0.4, 0.5) is 0 Å². The second-order valence-corrected chi connectivity index (χ2v) is 4.25. The molecule has 100 valence electrons. The van der Waals surface area contributed by atoms with E-state index in [4.69, 9.17) is 0 Å². The van der Waals surface area contributed by atoms with Crippen LogP contribution in [0, 0.1) is 0 Å². The number of phenols is 1. The summed E-state index contributed by atoms with van der Waals surface area (Å²) in [7, 11) is 0. The second-order valence-electron chi connectivity index (χ2n) is 4.25. The number of carbonyl (C=O) groups is 1. The van der Waals surface area contributed by atoms with E-state index in [0.29, 0.717) is 6.54 Å². The van der Waals surface area contributed by atoms with Gasteiger partial charge in [0, 0.05) is 18.2 Å². The average molecular weight is 250 g/mol. The van der Waals surface area contributed by atoms with Crippen LogP contribution in [0.2, 0.25) is 0 Å². The third-order valence-electron chi connectivity index (χ3n) is 2.80. The molecule has 0 radical (unpaired) electrons. The van der Waals surface area contributed by atoms with Crippen molar-refractivity contribution in [1.82, 2.24) is 10.6 Å². The molecule has 0 saturated heterocycles. The highest BCUT2D eigenvalue weighted by molar-refractivity contribution is 5.78. The van der Waals surface area contributed by atoms with Gasteiger partial charge in [0.05, 0.1) is 6.54 Å². The fourth-order valence-corrected chi connectivity index (χ4v) is 1.80. The molecule has 1 rings (SSSR count). The zero-order valence-electron chi connectivity index (χ0n) is 11.1. The summed E-state index contributed by atoms with van der Waals surface area (Å²) >= 11 is 0. The Morgan fingerprint density at radius 2 is 2.06 bits per heavy atom. The van der Waals surface area contributed by atoms with Crippen molar-refractivity contribution in [2.75, 3.05) is 13.1 Å². The first-order valence-corrected chi connectivity index (χ1v) is 6.47. The predicted molar refractivity (Wildman–Crippen MR) is 72.4 cm³/mol. The summed E-state index contributed by atoms with van der Waals surface area (Å²) in [5, 5.41) is 15.8. The molecular weight excluding hydrogens is 228 g/mol. The van der Waals surface area contributed by atoms with E-state index in [1.807, 2.05) is 26.0 Å². The zero-order chi connectivity index (χ0) is 13.4. The Balaban J connectivity index is 2.53. The van der Waals surface area contributed by atoms with Crippen molar-refractivity contribution in [3.8, 4) is 5.75 Å². The van der Waals surface area contributed by atoms with Crippen LogP contribution in [0.3, 0.4) is 0 Å². The second kappa shape index (κ2) is 7.71. The Bertz CT molecular complexity index is 380. The number of hydrogen-bond donors (Lipinski definition) is 3. The maximum absolute atomic E-state index is 11.5. The number of hydrogen-bond acceptors (Lipinski definition) is 3. The van der Waals surface area contributed by atoms with Crippen molar-refractivity contribution < 1.29 is 9.90 Å². The van der Waals surface area contributed by atoms with Gasteiger partial charge in [0.1, 0.15) is 5.75 Å². The molecule has 1 aromatic rings. The first-order valence-electron chi connectivity index (χ1n) is 6.47. The van der Waals surface area contributed by atoms with Gasteiger partial charge in [-0.25, -0.2) is 0 Å². The van der Waals surface area contributed by atoms with Gasteiger partial charge in [-0.2, -0.15) is 0 Å². The summed E-state index contributed by atoms with van der Waals surface area (Å²) in [6.45, 7) is 5.01. The van der Waals surface area contributed by atoms with Crippen LogP contribution in [-0.4, -0.2) is 24.1 Å². The van der Waals surface area contributed by atoms with Crippen molar-refractivity contribution in [1.29, 1.82) is 0 Å². The zero-order valence-corrected chi connectivity index (χ0v) is 11.1. The summed E-state index contributed by atoms with van der Waals surface area (Å²) in [4.78, 5) is 11.5. The lowest BCUT2D eigenvalue weighted by Crippen LogP contribution is -2.35. The van der Waals surface area contributed by atoms with E-state index in [1.165, 1.54) is 0 Å². The van der Waals surface area contributed by atoms with E-state index in [2.05, 4.69) is 10.6 Å². The molecule has 1 amide bonds. The van der Waals surface area contributed by atoms with Gasteiger partial charge in [-0.3, -0.25) is 4.79 Å². The lowest BCUT2D eigenvalue weighted by Gasteiger charge is -2.18. The largest absolute Gasteiger partial charge is 0.508 e. The Kier molecular flexibility index (Phi) is 6.22. The normalized spacial score (nSPS) is 12.1. The molecule has 3 N–H and O–H groups in total. The Hall–Kier alpha value is -1.55. The van der Waals surface area contributed by atoms with Gasteiger partial charge < -0.3 is 15.7 Å². The number of phenolic OH excluding ortho intramolecular Hbond substituents is 1. The quantitative estimate of drug-likeness (QED) is 0.693. The molecule has 0 heterocycles. The smallest absolute Gasteiger partial charge is 0.233 e. The molecule has 1 atom stereocenters. The van der Waals surface area contributed by atoms with Crippen LogP contribution in [0.15, 0.2) is 24.3 Å². The first kappa shape index (κ1) is 14.5. The molecule has 4 heteroatoms. The number of nitrogens with one attached hydrogen (secondary N) is 2. The third kappa shape index (κ3) is 4.37. The SMILES string of the molecule is CCCNC(=O)CNC(CC)c1ccccc1O. The fourth-order valence-electron chi connectivity index (χ4n) is 1.80. The Morgan fingerprint density at radius 3 is 2.67 bits per heavy atom. The number of aromatic hydroxyl groups is 1. The van der Waals surface area contributed by atoms with Gasteiger partial charge in [-0.05, 0) is 18.9 Å². The molecule has 0 saturated carbocycles. The number of carbonyl (C=O) groups excluding carboxylic acids is 1. The topological polar surface area (TPSA) is 61.4 Å². The number of para-hydroxylation sites is 1. The van der Waals surface area contributed by atoms with Crippen LogP contribution in [0.1, 0.15) is 38.3 Å². The summed E-state index contributed by atoms with van der Waals surface area (Å²) in [5.74, 6) is 0.261. The van der Waals surface area contributed by atoms with E-state index in [-0.39, 0.29) is 24.2 Å². The molecule has 0 bridgehead atoms. The third-order valence-corrected chi connectivity index (χ3v) is 2.80. The number of amides is 1. The van der Waals surface area contributed by atoms with Crippen LogP contribution >= 0.6 is 0 Å². The minimum absolute atomic E-state index is 0.00132. The van der Waals surface area contributed by atoms with Crippen molar-refractivity contribution in [2.24, 2.45) is 0 Å². The number of benzene rings is 1. The molecule has 0 spiro atoms. The van der Waals surface area contributed by atoms with Crippen molar-refractivity contribution >= 4 is 5.91 Å². The maximum atomic E-state index is 11.5. The molecule has 18 heavy (non-hydrogen) atoms. The van der Waals surface area contributed by atoms with Gasteiger partial charge in [0.2, 0.25) is 5.91 Å². The van der Waals surface area contributed by atoms with E-state index >= 15 is 0 Å². The van der Waals surface area contributed by atoms with Crippen LogP contribution in [0.5, 0.6) is 5.75 Å².